The Morgan fingerprint density at radius 1 is 1.36 bits per heavy atom. The zero-order valence-electron chi connectivity index (χ0n) is 13.7. The highest BCUT2D eigenvalue weighted by Gasteiger charge is 2.25. The number of carboxylic acid groups (broad SMARTS) is 1. The van der Waals surface area contributed by atoms with Crippen LogP contribution in [0.3, 0.4) is 0 Å². The number of carbonyl (C=O) groups excluding carboxylic acids is 1. The number of fused-ring (bicyclic) bond motifs is 1. The lowest BCUT2D eigenvalue weighted by Gasteiger charge is -2.20. The average molecular weight is 363 g/mol. The minimum atomic E-state index is -0.923. The lowest BCUT2D eigenvalue weighted by molar-refractivity contribution is -0.139. The first kappa shape index (κ1) is 17.0. The van der Waals surface area contributed by atoms with Crippen molar-refractivity contribution in [3.63, 3.8) is 0 Å². The van der Waals surface area contributed by atoms with E-state index in [1.165, 1.54) is 17.7 Å². The molecule has 0 spiro atoms. The maximum Gasteiger partial charge on any atom is 0.303 e. The van der Waals surface area contributed by atoms with E-state index in [0.717, 1.165) is 11.0 Å². The fourth-order valence-corrected chi connectivity index (χ4v) is 3.30. The van der Waals surface area contributed by atoms with Gasteiger partial charge in [0.15, 0.2) is 5.13 Å². The topological polar surface area (TPSA) is 121 Å². The van der Waals surface area contributed by atoms with Gasteiger partial charge in [-0.2, -0.15) is 0 Å². The molecule has 0 saturated carbocycles. The Labute approximate surface area is 150 Å². The molecule has 9 heteroatoms. The Morgan fingerprint density at radius 3 is 2.92 bits per heavy atom. The first-order valence-electron chi connectivity index (χ1n) is 7.60. The number of nitrogens with one attached hydrogen (secondary N) is 2. The molecule has 3 aromatic heterocycles. The molecule has 0 unspecified atom stereocenters. The zero-order valence-corrected chi connectivity index (χ0v) is 14.6. The van der Waals surface area contributed by atoms with Crippen molar-refractivity contribution in [2.24, 2.45) is 5.41 Å². The van der Waals surface area contributed by atoms with Crippen LogP contribution in [0.15, 0.2) is 24.0 Å². The number of hydrogen-bond acceptors (Lipinski definition) is 6. The van der Waals surface area contributed by atoms with Crippen LogP contribution in [-0.2, 0) is 9.59 Å². The first-order valence-corrected chi connectivity index (χ1v) is 8.48. The molecule has 1 amide bonds. The molecular formula is C16H21N5O3S. The number of aromatic amines is 1. The van der Waals surface area contributed by atoms with E-state index in [9.17, 15) is 9.59 Å². The maximum absolute atomic E-state index is 12.2. The minimum absolute atomic E-state index is 0. The van der Waals surface area contributed by atoms with Gasteiger partial charge >= 0.3 is 5.97 Å². The summed E-state index contributed by atoms with van der Waals surface area (Å²) in [6.45, 7) is 3.50. The Morgan fingerprint density at radius 2 is 2.16 bits per heavy atom. The molecule has 3 N–H and O–H groups in total. The Balaban J connectivity index is 0.00000182. The van der Waals surface area contributed by atoms with Crippen molar-refractivity contribution < 1.29 is 17.5 Å². The molecule has 0 aliphatic rings. The molecule has 0 radical (unpaired) electrons. The predicted octanol–water partition coefficient (Wildman–Crippen LogP) is 3.40. The number of amides is 1. The summed E-state index contributed by atoms with van der Waals surface area (Å²) in [6, 6.07) is 1.87. The molecule has 3 aromatic rings. The molecule has 3 rings (SSSR count). The summed E-state index contributed by atoms with van der Waals surface area (Å²) in [4.78, 5) is 38.8. The maximum atomic E-state index is 12.2. The molecule has 0 aliphatic carbocycles. The second-order valence-electron chi connectivity index (χ2n) is 6.46. The average Bonchev–Trinajstić information content (AvgIpc) is 3.12. The quantitative estimate of drug-likeness (QED) is 0.617. The van der Waals surface area contributed by atoms with Gasteiger partial charge in [-0.15, -0.1) is 11.3 Å². The van der Waals surface area contributed by atoms with Crippen LogP contribution in [0.25, 0.3) is 22.4 Å². The lowest BCUT2D eigenvalue weighted by atomic mass is 9.85. The van der Waals surface area contributed by atoms with Crippen molar-refractivity contribution in [3.05, 3.63) is 24.0 Å². The second-order valence-corrected chi connectivity index (χ2v) is 7.32. The molecule has 3 heterocycles. The van der Waals surface area contributed by atoms with Crippen LogP contribution in [0.4, 0.5) is 5.13 Å². The van der Waals surface area contributed by atoms with Crippen LogP contribution in [0, 0.1) is 5.41 Å². The number of thiazole rings is 1. The van der Waals surface area contributed by atoms with Crippen LogP contribution in [0.1, 0.15) is 29.5 Å². The minimum Gasteiger partial charge on any atom is -0.481 e. The van der Waals surface area contributed by atoms with E-state index >= 15 is 0 Å². The van der Waals surface area contributed by atoms with E-state index in [0.29, 0.717) is 16.5 Å². The lowest BCUT2D eigenvalue weighted by Crippen LogP contribution is -2.24. The number of H-pyrrole nitrogens is 1. The number of aliphatic carboxylic acids is 1. The van der Waals surface area contributed by atoms with Crippen LogP contribution in [0.5, 0.6) is 0 Å². The Bertz CT molecular complexity index is 941. The largest absolute Gasteiger partial charge is 0.481 e. The van der Waals surface area contributed by atoms with E-state index in [1.807, 2.05) is 11.4 Å². The summed E-state index contributed by atoms with van der Waals surface area (Å²) in [5, 5.41) is 14.7. The van der Waals surface area contributed by atoms with Gasteiger partial charge in [0.05, 0.1) is 6.42 Å². The van der Waals surface area contributed by atoms with Gasteiger partial charge in [0.2, 0.25) is 5.91 Å². The van der Waals surface area contributed by atoms with Crippen molar-refractivity contribution in [3.8, 4) is 11.4 Å². The number of carboxylic acids is 1. The summed E-state index contributed by atoms with van der Waals surface area (Å²) in [5.74, 6) is -1.18. The molecule has 0 fully saturated rings. The Kier molecular flexibility index (Phi) is 4.49. The van der Waals surface area contributed by atoms with E-state index in [2.05, 4.69) is 25.3 Å². The van der Waals surface area contributed by atoms with E-state index in [-0.39, 0.29) is 21.6 Å². The highest BCUT2D eigenvalue weighted by molar-refractivity contribution is 7.14. The number of aromatic nitrogens is 4. The predicted molar refractivity (Wildman–Crippen MR) is 98.5 cm³/mol. The van der Waals surface area contributed by atoms with Gasteiger partial charge in [-0.3, -0.25) is 9.59 Å². The van der Waals surface area contributed by atoms with Crippen molar-refractivity contribution in [2.75, 3.05) is 5.32 Å². The van der Waals surface area contributed by atoms with Crippen molar-refractivity contribution in [1.29, 1.82) is 0 Å². The molecule has 0 saturated heterocycles. The van der Waals surface area contributed by atoms with Crippen LogP contribution in [-0.4, -0.2) is 36.9 Å². The smallest absolute Gasteiger partial charge is 0.303 e. The molecule has 0 bridgehead atoms. The molecule has 8 nitrogen and oxygen atoms in total. The van der Waals surface area contributed by atoms with Crippen molar-refractivity contribution in [2.45, 2.75) is 26.7 Å². The van der Waals surface area contributed by atoms with Crippen LogP contribution in [0.2, 0.25) is 0 Å². The normalized spacial score (nSPS) is 11.6. The number of anilines is 1. The fourth-order valence-electron chi connectivity index (χ4n) is 2.59. The summed E-state index contributed by atoms with van der Waals surface area (Å²) in [6.07, 6.45) is 3.27. The van der Waals surface area contributed by atoms with Gasteiger partial charge in [0.1, 0.15) is 23.4 Å². The third-order valence-electron chi connectivity index (χ3n) is 3.62. The van der Waals surface area contributed by atoms with Gasteiger partial charge < -0.3 is 15.4 Å². The zero-order chi connectivity index (χ0) is 18.0. The third kappa shape index (κ3) is 4.00. The van der Waals surface area contributed by atoms with Gasteiger partial charge in [-0.25, -0.2) is 15.0 Å². The van der Waals surface area contributed by atoms with E-state index in [4.69, 9.17) is 5.11 Å². The number of carbonyl (C=O) groups is 2. The molecule has 0 atom stereocenters. The second kappa shape index (κ2) is 6.60. The number of hydrogen-bond donors (Lipinski definition) is 3. The fraction of sp³-hybridized carbons (Fsp3) is 0.312. The Hall–Kier alpha value is -2.81. The van der Waals surface area contributed by atoms with Crippen LogP contribution >= 0.6 is 11.3 Å². The third-order valence-corrected chi connectivity index (χ3v) is 4.37. The number of nitrogens with zero attached hydrogens (tertiary/aromatic N) is 3. The first-order chi connectivity index (χ1) is 11.8. The summed E-state index contributed by atoms with van der Waals surface area (Å²) in [7, 11) is 0. The summed E-state index contributed by atoms with van der Waals surface area (Å²) in [5.41, 5.74) is 1.44. The summed E-state index contributed by atoms with van der Waals surface area (Å²) < 4.78 is 0. The van der Waals surface area contributed by atoms with Crippen LogP contribution < -0.4 is 5.32 Å². The highest BCUT2D eigenvalue weighted by atomic mass is 32.1. The highest BCUT2D eigenvalue weighted by Crippen LogP contribution is 2.29. The van der Waals surface area contributed by atoms with Gasteiger partial charge in [-0.05, 0) is 11.5 Å². The standard InChI is InChI=1S/C16H17N5O3S.2H2/c1-16(2,6-12(23)24)5-11(22)21-15-20-10(7-25-15)13-9-3-4-17-14(9)19-8-18-13;;/h3-4,7-8H,5-6H2,1-2H3,(H,23,24)(H,17,18,19)(H,20,21,22);2*1H. The molecule has 134 valence electrons. The molecule has 25 heavy (non-hydrogen) atoms. The van der Waals surface area contributed by atoms with Crippen molar-refractivity contribution in [1.82, 2.24) is 19.9 Å². The van der Waals surface area contributed by atoms with Gasteiger partial charge in [0, 0.05) is 26.2 Å². The monoisotopic (exact) mass is 363 g/mol. The molecule has 0 aliphatic heterocycles. The SMILES string of the molecule is CC(C)(CC(=O)O)CC(=O)Nc1nc(-c2ncnc3[nH]ccc23)cs1.[HH].[HH]. The van der Waals surface area contributed by atoms with Crippen molar-refractivity contribution >= 4 is 39.4 Å². The van der Waals surface area contributed by atoms with E-state index in [1.54, 1.807) is 20.0 Å². The van der Waals surface area contributed by atoms with Gasteiger partial charge in [-0.1, -0.05) is 13.8 Å². The van der Waals surface area contributed by atoms with Gasteiger partial charge in [0.25, 0.3) is 0 Å². The molecular weight excluding hydrogens is 342 g/mol. The number of rotatable bonds is 6. The molecule has 0 aromatic carbocycles. The summed E-state index contributed by atoms with van der Waals surface area (Å²) >= 11 is 1.29. The van der Waals surface area contributed by atoms with E-state index < -0.39 is 11.4 Å².